The number of nitrogens with one attached hydrogen (secondary N) is 1. The molecule has 0 fully saturated rings. The average Bonchev–Trinajstić information content (AvgIpc) is 3.11. The van der Waals surface area contributed by atoms with Gasteiger partial charge in [-0.05, 0) is 18.6 Å². The fourth-order valence-electron chi connectivity index (χ4n) is 3.39. The molecule has 2 aromatic heterocycles. The molecule has 3 aromatic rings. The summed E-state index contributed by atoms with van der Waals surface area (Å²) in [7, 11) is 2.73. The lowest BCUT2D eigenvalue weighted by atomic mass is 10.1. The normalized spacial score (nSPS) is 13.6. The monoisotopic (exact) mass is 384 g/mol. The first-order chi connectivity index (χ1) is 13.4. The third-order valence-corrected chi connectivity index (χ3v) is 4.74. The van der Waals surface area contributed by atoms with E-state index in [4.69, 9.17) is 4.74 Å². The van der Waals surface area contributed by atoms with Gasteiger partial charge in [0.05, 0.1) is 24.7 Å². The number of nitriles is 1. The first-order valence-corrected chi connectivity index (χ1v) is 8.22. The predicted octanol–water partition coefficient (Wildman–Crippen LogP) is 3.00. The Morgan fingerprint density at radius 2 is 2.07 bits per heavy atom. The highest BCUT2D eigenvalue weighted by molar-refractivity contribution is 6.11. The quantitative estimate of drug-likeness (QED) is 0.732. The summed E-state index contributed by atoms with van der Waals surface area (Å²) in [4.78, 5) is 19.4. The van der Waals surface area contributed by atoms with E-state index in [0.717, 1.165) is 4.90 Å². The number of benzene rings is 1. The molecule has 0 aliphatic carbocycles. The molecule has 28 heavy (non-hydrogen) atoms. The molecule has 0 atom stereocenters. The number of nitrogens with zero attached hydrogens (tertiary/aromatic N) is 5. The van der Waals surface area contributed by atoms with Crippen molar-refractivity contribution in [3.63, 3.8) is 0 Å². The molecule has 10 heteroatoms. The van der Waals surface area contributed by atoms with Crippen molar-refractivity contribution in [3.8, 4) is 11.8 Å². The largest absolute Gasteiger partial charge is 0.494 e. The number of carbonyl (C=O) groups excluding carboxylic acids is 1. The van der Waals surface area contributed by atoms with E-state index in [2.05, 4.69) is 15.2 Å². The van der Waals surface area contributed by atoms with E-state index in [1.165, 1.54) is 38.2 Å². The van der Waals surface area contributed by atoms with E-state index < -0.39 is 23.4 Å². The van der Waals surface area contributed by atoms with E-state index in [0.29, 0.717) is 16.6 Å². The lowest BCUT2D eigenvalue weighted by Gasteiger charge is -2.35. The molecule has 2 amide bonds. The highest BCUT2D eigenvalue weighted by atomic mass is 19.1. The maximum absolute atomic E-state index is 14.8. The number of pyridine rings is 1. The third-order valence-electron chi connectivity index (χ3n) is 4.74. The van der Waals surface area contributed by atoms with Crippen LogP contribution in [-0.4, -0.2) is 35.4 Å². The Hall–Kier alpha value is -3.74. The lowest BCUT2D eigenvalue weighted by Crippen LogP contribution is -2.46. The minimum Gasteiger partial charge on any atom is -0.494 e. The van der Waals surface area contributed by atoms with Gasteiger partial charge in [0.15, 0.2) is 23.0 Å². The van der Waals surface area contributed by atoms with Crippen LogP contribution in [0, 0.1) is 29.9 Å². The number of urea groups is 1. The summed E-state index contributed by atoms with van der Waals surface area (Å²) in [6.07, 6.45) is 1.47. The Labute approximate surface area is 157 Å². The van der Waals surface area contributed by atoms with Crippen LogP contribution in [0.5, 0.6) is 5.75 Å². The summed E-state index contributed by atoms with van der Waals surface area (Å²) < 4.78 is 34.6. The number of ether oxygens (including phenoxy) is 1. The van der Waals surface area contributed by atoms with Crippen LogP contribution in [0.15, 0.2) is 12.3 Å². The Bertz CT molecular complexity index is 1180. The number of aryl methyl sites for hydroxylation is 1. The second-order valence-corrected chi connectivity index (χ2v) is 6.34. The molecular formula is C18H14F2N6O2. The van der Waals surface area contributed by atoms with Gasteiger partial charge in [0.2, 0.25) is 0 Å². The molecule has 3 heterocycles. The second kappa shape index (κ2) is 6.16. The van der Waals surface area contributed by atoms with Gasteiger partial charge >= 0.3 is 6.03 Å². The van der Waals surface area contributed by atoms with Crippen molar-refractivity contribution in [1.29, 1.82) is 5.26 Å². The van der Waals surface area contributed by atoms with E-state index >= 15 is 0 Å². The standard InChI is InChI=1S/C18H14F2N6O2/c1-8-4-11(28-3)14(20)16(13(8)19)26-7-9-6-22-17-12(10(5-21)23-24-17)15(9)25(2)18(26)27/h4,6H,7H2,1-3H3,(H,22,23,24). The molecule has 142 valence electrons. The predicted molar refractivity (Wildman–Crippen MR) is 96.2 cm³/mol. The van der Waals surface area contributed by atoms with Crippen molar-refractivity contribution < 1.29 is 18.3 Å². The smallest absolute Gasteiger partial charge is 0.329 e. The molecule has 1 aromatic carbocycles. The fraction of sp³-hybridized carbons (Fsp3) is 0.222. The molecule has 0 unspecified atom stereocenters. The molecule has 0 saturated heterocycles. The molecule has 0 spiro atoms. The maximum Gasteiger partial charge on any atom is 0.329 e. The number of anilines is 2. The summed E-state index contributed by atoms with van der Waals surface area (Å²) in [5.41, 5.74) is 1.03. The number of carbonyl (C=O) groups is 1. The van der Waals surface area contributed by atoms with Gasteiger partial charge in [-0.1, -0.05) is 0 Å². The van der Waals surface area contributed by atoms with Crippen LogP contribution < -0.4 is 14.5 Å². The Kier molecular flexibility index (Phi) is 3.88. The summed E-state index contributed by atoms with van der Waals surface area (Å²) in [6, 6.07) is 2.55. The van der Waals surface area contributed by atoms with Gasteiger partial charge in [0.1, 0.15) is 17.5 Å². The number of aromatic nitrogens is 3. The molecule has 1 aliphatic heterocycles. The zero-order valence-corrected chi connectivity index (χ0v) is 15.2. The second-order valence-electron chi connectivity index (χ2n) is 6.34. The minimum atomic E-state index is -0.967. The maximum atomic E-state index is 14.8. The number of amides is 2. The summed E-state index contributed by atoms with van der Waals surface area (Å²) in [6.45, 7) is 1.33. The molecule has 0 radical (unpaired) electrons. The van der Waals surface area contributed by atoms with Crippen molar-refractivity contribution in [1.82, 2.24) is 15.2 Å². The summed E-state index contributed by atoms with van der Waals surface area (Å²) in [5.74, 6) is -1.98. The van der Waals surface area contributed by atoms with Crippen molar-refractivity contribution in [3.05, 3.63) is 40.7 Å². The van der Waals surface area contributed by atoms with Crippen molar-refractivity contribution in [2.24, 2.45) is 0 Å². The van der Waals surface area contributed by atoms with Crippen LogP contribution in [0.25, 0.3) is 11.0 Å². The minimum absolute atomic E-state index is 0.127. The molecule has 1 aliphatic rings. The number of halogens is 2. The van der Waals surface area contributed by atoms with Gasteiger partial charge < -0.3 is 4.74 Å². The fourth-order valence-corrected chi connectivity index (χ4v) is 3.39. The third kappa shape index (κ3) is 2.29. The van der Waals surface area contributed by atoms with Gasteiger partial charge in [0.25, 0.3) is 0 Å². The van der Waals surface area contributed by atoms with Gasteiger partial charge in [-0.15, -0.1) is 0 Å². The SMILES string of the molecule is COc1cc(C)c(F)c(N2Cc3cnc4n[nH]c(C#N)c4c3N(C)C2=O)c1F. The number of hydrogen-bond acceptors (Lipinski definition) is 5. The molecule has 0 bridgehead atoms. The van der Waals surface area contributed by atoms with Crippen molar-refractivity contribution in [2.45, 2.75) is 13.5 Å². The van der Waals surface area contributed by atoms with Gasteiger partial charge in [-0.25, -0.2) is 18.6 Å². The molecule has 1 N–H and O–H groups in total. The first kappa shape index (κ1) is 17.7. The van der Waals surface area contributed by atoms with E-state index in [1.54, 1.807) is 0 Å². The molecule has 0 saturated carbocycles. The van der Waals surface area contributed by atoms with E-state index in [1.807, 2.05) is 6.07 Å². The number of methoxy groups -OCH3 is 1. The number of hydrogen-bond donors (Lipinski definition) is 1. The Balaban J connectivity index is 1.93. The van der Waals surface area contributed by atoms with E-state index in [-0.39, 0.29) is 29.2 Å². The van der Waals surface area contributed by atoms with Crippen LogP contribution in [-0.2, 0) is 6.54 Å². The Morgan fingerprint density at radius 1 is 1.32 bits per heavy atom. The number of H-pyrrole nitrogens is 1. The van der Waals surface area contributed by atoms with Gasteiger partial charge in [-0.2, -0.15) is 10.4 Å². The summed E-state index contributed by atoms with van der Waals surface area (Å²) in [5, 5.41) is 16.2. The molecule has 4 rings (SSSR count). The topological polar surface area (TPSA) is 98.1 Å². The average molecular weight is 384 g/mol. The highest BCUT2D eigenvalue weighted by Crippen LogP contribution is 2.40. The van der Waals surface area contributed by atoms with Gasteiger partial charge in [-0.3, -0.25) is 14.9 Å². The van der Waals surface area contributed by atoms with Crippen LogP contribution >= 0.6 is 0 Å². The first-order valence-electron chi connectivity index (χ1n) is 8.22. The Morgan fingerprint density at radius 3 is 2.75 bits per heavy atom. The van der Waals surface area contributed by atoms with Gasteiger partial charge in [0, 0.05) is 18.8 Å². The van der Waals surface area contributed by atoms with Crippen LogP contribution in [0.2, 0.25) is 0 Å². The molecule has 8 nitrogen and oxygen atoms in total. The number of aromatic amines is 1. The molecular weight excluding hydrogens is 370 g/mol. The summed E-state index contributed by atoms with van der Waals surface area (Å²) >= 11 is 0. The van der Waals surface area contributed by atoms with Crippen LogP contribution in [0.3, 0.4) is 0 Å². The van der Waals surface area contributed by atoms with Crippen LogP contribution in [0.1, 0.15) is 16.8 Å². The van der Waals surface area contributed by atoms with Crippen molar-refractivity contribution >= 4 is 28.4 Å². The highest BCUT2D eigenvalue weighted by Gasteiger charge is 2.36. The van der Waals surface area contributed by atoms with E-state index in [9.17, 15) is 18.8 Å². The number of rotatable bonds is 2. The van der Waals surface area contributed by atoms with Crippen molar-refractivity contribution in [2.75, 3.05) is 24.0 Å². The zero-order valence-electron chi connectivity index (χ0n) is 15.2. The zero-order chi connectivity index (χ0) is 20.2. The van der Waals surface area contributed by atoms with Crippen LogP contribution in [0.4, 0.5) is 25.0 Å². The lowest BCUT2D eigenvalue weighted by molar-refractivity contribution is 0.250. The number of fused-ring (bicyclic) bond motifs is 3.